The van der Waals surface area contributed by atoms with E-state index >= 15 is 0 Å². The van der Waals surface area contributed by atoms with E-state index in [1.54, 1.807) is 0 Å². The maximum absolute atomic E-state index is 9.27. The van der Waals surface area contributed by atoms with Gasteiger partial charge in [0, 0.05) is 5.56 Å². The fourth-order valence-electron chi connectivity index (χ4n) is 0.666. The fraction of sp³-hybridized carbons (Fsp3) is 0. The highest BCUT2D eigenvalue weighted by atomic mass is 35.5. The smallest absolute Gasteiger partial charge is 0.140 e. The van der Waals surface area contributed by atoms with Gasteiger partial charge in [0.25, 0.3) is 0 Å². The number of phenolic OH excluding ortho intramolecular Hbond substituents is 1. The molecule has 0 saturated carbocycles. The van der Waals surface area contributed by atoms with E-state index in [9.17, 15) is 5.11 Å². The molecule has 1 N–H and O–H groups in total. The Labute approximate surface area is 89.8 Å². The Balaban J connectivity index is 3.60. The standard InChI is InChI=1S/C7H3Cl4O/c1-2-3(8)4(9)5(10)6(11)7(2)12/h12H,1H2. The Kier molecular flexibility index (Phi) is 3.00. The molecule has 0 aromatic heterocycles. The zero-order valence-corrected chi connectivity index (χ0v) is 8.69. The van der Waals surface area contributed by atoms with Gasteiger partial charge in [-0.3, -0.25) is 0 Å². The lowest BCUT2D eigenvalue weighted by molar-refractivity contribution is 0.473. The third kappa shape index (κ3) is 1.47. The highest BCUT2D eigenvalue weighted by Gasteiger charge is 2.16. The number of phenols is 1. The molecule has 1 aromatic rings. The van der Waals surface area contributed by atoms with Crippen molar-refractivity contribution in [2.45, 2.75) is 0 Å². The van der Waals surface area contributed by atoms with E-state index in [-0.39, 0.29) is 31.4 Å². The average molecular weight is 245 g/mol. The summed E-state index contributed by atoms with van der Waals surface area (Å²) in [7, 11) is 0. The number of benzene rings is 1. The van der Waals surface area contributed by atoms with Crippen LogP contribution in [0.15, 0.2) is 0 Å². The van der Waals surface area contributed by atoms with E-state index in [2.05, 4.69) is 6.92 Å². The molecule has 0 atom stereocenters. The van der Waals surface area contributed by atoms with E-state index in [1.165, 1.54) is 0 Å². The summed E-state index contributed by atoms with van der Waals surface area (Å²) in [6, 6.07) is 0. The predicted molar refractivity (Wildman–Crippen MR) is 52.6 cm³/mol. The first-order valence-electron chi connectivity index (χ1n) is 2.83. The first kappa shape index (κ1) is 10.3. The topological polar surface area (TPSA) is 20.2 Å². The highest BCUT2D eigenvalue weighted by Crippen LogP contribution is 2.44. The molecule has 12 heavy (non-hydrogen) atoms. The SMILES string of the molecule is [CH2]c1c(O)c(Cl)c(Cl)c(Cl)c1Cl. The van der Waals surface area contributed by atoms with Crippen molar-refractivity contribution >= 4 is 46.4 Å². The van der Waals surface area contributed by atoms with Gasteiger partial charge in [-0.25, -0.2) is 0 Å². The van der Waals surface area contributed by atoms with Crippen molar-refractivity contribution < 1.29 is 5.11 Å². The van der Waals surface area contributed by atoms with E-state index in [4.69, 9.17) is 46.4 Å². The van der Waals surface area contributed by atoms with E-state index in [0.717, 1.165) is 0 Å². The van der Waals surface area contributed by atoms with Crippen molar-refractivity contribution in [2.75, 3.05) is 0 Å². The van der Waals surface area contributed by atoms with Gasteiger partial charge in [-0.2, -0.15) is 0 Å². The summed E-state index contributed by atoms with van der Waals surface area (Å²) < 4.78 is 0. The van der Waals surface area contributed by atoms with Crippen LogP contribution in [-0.2, 0) is 0 Å². The Morgan fingerprint density at radius 3 is 1.75 bits per heavy atom. The van der Waals surface area contributed by atoms with Crippen molar-refractivity contribution in [3.63, 3.8) is 0 Å². The number of hydrogen-bond acceptors (Lipinski definition) is 1. The van der Waals surface area contributed by atoms with Crippen molar-refractivity contribution in [3.05, 3.63) is 32.6 Å². The van der Waals surface area contributed by atoms with Crippen LogP contribution in [0.5, 0.6) is 5.75 Å². The molecule has 0 heterocycles. The van der Waals surface area contributed by atoms with Gasteiger partial charge >= 0.3 is 0 Å². The van der Waals surface area contributed by atoms with Crippen LogP contribution in [0.25, 0.3) is 0 Å². The van der Waals surface area contributed by atoms with Gasteiger partial charge in [-0.1, -0.05) is 46.4 Å². The molecule has 65 valence electrons. The Morgan fingerprint density at radius 1 is 0.833 bits per heavy atom. The molecule has 0 bridgehead atoms. The van der Waals surface area contributed by atoms with Crippen LogP contribution in [0.4, 0.5) is 0 Å². The van der Waals surface area contributed by atoms with Gasteiger partial charge in [-0.05, 0) is 6.92 Å². The molecule has 0 aliphatic carbocycles. The summed E-state index contributed by atoms with van der Waals surface area (Å²) in [6.07, 6.45) is 0. The normalized spacial score (nSPS) is 10.4. The van der Waals surface area contributed by atoms with Crippen molar-refractivity contribution in [2.24, 2.45) is 0 Å². The monoisotopic (exact) mass is 243 g/mol. The number of aromatic hydroxyl groups is 1. The van der Waals surface area contributed by atoms with Crippen LogP contribution < -0.4 is 0 Å². The second-order valence-corrected chi connectivity index (χ2v) is 3.59. The first-order valence-corrected chi connectivity index (χ1v) is 4.34. The van der Waals surface area contributed by atoms with Crippen LogP contribution in [0.3, 0.4) is 0 Å². The third-order valence-electron chi connectivity index (χ3n) is 1.34. The zero-order chi connectivity index (χ0) is 9.46. The van der Waals surface area contributed by atoms with Crippen molar-refractivity contribution in [1.29, 1.82) is 0 Å². The van der Waals surface area contributed by atoms with Crippen molar-refractivity contribution in [1.82, 2.24) is 0 Å². The number of hydrogen-bond donors (Lipinski definition) is 1. The highest BCUT2D eigenvalue weighted by molar-refractivity contribution is 6.52. The van der Waals surface area contributed by atoms with Gasteiger partial charge in [0.05, 0.1) is 15.1 Å². The van der Waals surface area contributed by atoms with Crippen LogP contribution >= 0.6 is 46.4 Å². The van der Waals surface area contributed by atoms with Gasteiger partial charge in [-0.15, -0.1) is 0 Å². The predicted octanol–water partition coefficient (Wildman–Crippen LogP) is 4.19. The molecule has 0 unspecified atom stereocenters. The molecule has 0 amide bonds. The summed E-state index contributed by atoms with van der Waals surface area (Å²) in [5, 5.41) is 9.49. The summed E-state index contributed by atoms with van der Waals surface area (Å²) >= 11 is 22.5. The minimum atomic E-state index is -0.240. The quantitative estimate of drug-likeness (QED) is 0.536. The van der Waals surface area contributed by atoms with Gasteiger partial charge < -0.3 is 5.11 Å². The molecule has 0 fully saturated rings. The lowest BCUT2D eigenvalue weighted by Crippen LogP contribution is -1.82. The van der Waals surface area contributed by atoms with Crippen LogP contribution in [0, 0.1) is 6.92 Å². The van der Waals surface area contributed by atoms with Crippen molar-refractivity contribution in [3.8, 4) is 5.75 Å². The van der Waals surface area contributed by atoms with E-state index in [1.807, 2.05) is 0 Å². The lowest BCUT2D eigenvalue weighted by Gasteiger charge is -2.07. The summed E-state index contributed by atoms with van der Waals surface area (Å²) in [6.45, 7) is 3.47. The molecule has 1 nitrogen and oxygen atoms in total. The molecular weight excluding hydrogens is 242 g/mol. The summed E-state index contributed by atoms with van der Waals surface area (Å²) in [4.78, 5) is 0. The molecular formula is C7H3Cl4O. The molecule has 0 saturated heterocycles. The Hall–Kier alpha value is 0.180. The summed E-state index contributed by atoms with van der Waals surface area (Å²) in [5.74, 6) is -0.240. The van der Waals surface area contributed by atoms with E-state index < -0.39 is 0 Å². The van der Waals surface area contributed by atoms with Crippen LogP contribution in [0.2, 0.25) is 20.1 Å². The largest absolute Gasteiger partial charge is 0.506 e. The molecule has 1 aromatic carbocycles. The maximum Gasteiger partial charge on any atom is 0.140 e. The second-order valence-electron chi connectivity index (χ2n) is 2.08. The molecule has 0 aliphatic heterocycles. The van der Waals surface area contributed by atoms with E-state index in [0.29, 0.717) is 0 Å². The molecule has 1 rings (SSSR count). The van der Waals surface area contributed by atoms with Gasteiger partial charge in [0.15, 0.2) is 0 Å². The fourth-order valence-corrected chi connectivity index (χ4v) is 1.55. The van der Waals surface area contributed by atoms with Gasteiger partial charge in [0.1, 0.15) is 10.8 Å². The molecule has 0 aliphatic rings. The minimum absolute atomic E-state index is 0.0314. The molecule has 1 radical (unpaired) electrons. The third-order valence-corrected chi connectivity index (χ3v) is 3.17. The van der Waals surface area contributed by atoms with Crippen LogP contribution in [-0.4, -0.2) is 5.11 Å². The lowest BCUT2D eigenvalue weighted by atomic mass is 10.2. The Morgan fingerprint density at radius 2 is 1.25 bits per heavy atom. The zero-order valence-electron chi connectivity index (χ0n) is 5.67. The average Bonchev–Trinajstić information content (AvgIpc) is 2.08. The minimum Gasteiger partial charge on any atom is -0.506 e. The van der Waals surface area contributed by atoms with Gasteiger partial charge in [0.2, 0.25) is 0 Å². The summed E-state index contributed by atoms with van der Waals surface area (Å²) in [5.41, 5.74) is 0.177. The maximum atomic E-state index is 9.27. The Bertz CT molecular complexity index is 230. The van der Waals surface area contributed by atoms with Crippen LogP contribution in [0.1, 0.15) is 5.56 Å². The molecule has 5 heteroatoms. The number of halogens is 4. The first-order chi connectivity index (χ1) is 5.46. The second kappa shape index (κ2) is 3.51. The molecule has 0 spiro atoms. The number of rotatable bonds is 0.